The first kappa shape index (κ1) is 48.7. The van der Waals surface area contributed by atoms with E-state index < -0.39 is 26.6 Å². The van der Waals surface area contributed by atoms with Crippen LogP contribution in [0.2, 0.25) is 0 Å². The molecular weight excluding hydrogens is 647 g/mol. The van der Waals surface area contributed by atoms with E-state index in [4.69, 9.17) is 9.05 Å². The predicted molar refractivity (Wildman–Crippen MR) is 210 cm³/mol. The molecule has 50 heavy (non-hydrogen) atoms. The molecule has 3 unspecified atom stereocenters. The lowest BCUT2D eigenvalue weighted by molar-refractivity contribution is -0.870. The van der Waals surface area contributed by atoms with Gasteiger partial charge >= 0.3 is 0 Å². The second-order valence-electron chi connectivity index (χ2n) is 15.0. The Morgan fingerprint density at radius 2 is 1.12 bits per heavy atom. The van der Waals surface area contributed by atoms with E-state index in [-0.39, 0.29) is 12.5 Å². The van der Waals surface area contributed by atoms with E-state index >= 15 is 0 Å². The number of amides is 1. The van der Waals surface area contributed by atoms with Crippen molar-refractivity contribution in [3.63, 3.8) is 0 Å². The third-order valence-corrected chi connectivity index (χ3v) is 9.79. The van der Waals surface area contributed by atoms with Crippen LogP contribution >= 0.6 is 7.82 Å². The number of likely N-dealkylation sites (N-methyl/N-ethyl adjacent to an activating group) is 1. The van der Waals surface area contributed by atoms with Crippen molar-refractivity contribution < 1.29 is 32.9 Å². The van der Waals surface area contributed by atoms with Gasteiger partial charge in [-0.3, -0.25) is 9.36 Å². The van der Waals surface area contributed by atoms with Gasteiger partial charge in [-0.1, -0.05) is 140 Å². The molecule has 1 amide bonds. The van der Waals surface area contributed by atoms with Gasteiger partial charge < -0.3 is 28.8 Å². The second kappa shape index (κ2) is 33.5. The van der Waals surface area contributed by atoms with Gasteiger partial charge in [-0.25, -0.2) is 0 Å². The number of carbonyl (C=O) groups excluding carboxylic acids is 1. The van der Waals surface area contributed by atoms with Gasteiger partial charge in [0.2, 0.25) is 5.91 Å². The number of nitrogens with one attached hydrogen (secondary N) is 1. The molecule has 0 aliphatic heterocycles. The van der Waals surface area contributed by atoms with Crippen LogP contribution in [0.1, 0.15) is 168 Å². The lowest BCUT2D eigenvalue weighted by Crippen LogP contribution is -2.45. The van der Waals surface area contributed by atoms with Gasteiger partial charge in [0.1, 0.15) is 13.2 Å². The first-order valence-corrected chi connectivity index (χ1v) is 21.8. The molecule has 0 aliphatic rings. The number of phosphoric ester groups is 1. The third-order valence-electron chi connectivity index (χ3n) is 8.82. The highest BCUT2D eigenvalue weighted by atomic mass is 31.2. The second-order valence-corrected chi connectivity index (χ2v) is 16.4. The summed E-state index contributed by atoms with van der Waals surface area (Å²) in [6.07, 6.45) is 39.2. The number of aliphatic hydroxyl groups excluding tert-OH is 1. The fraction of sp³-hybridized carbons (Fsp3) is 0.829. The van der Waals surface area contributed by atoms with E-state index in [9.17, 15) is 19.4 Å². The summed E-state index contributed by atoms with van der Waals surface area (Å²) < 4.78 is 23.0. The first-order chi connectivity index (χ1) is 24.0. The van der Waals surface area contributed by atoms with Gasteiger partial charge in [-0.05, 0) is 57.8 Å². The molecule has 0 fully saturated rings. The lowest BCUT2D eigenvalue weighted by atomic mass is 10.1. The van der Waals surface area contributed by atoms with Crippen LogP contribution in [0.15, 0.2) is 36.5 Å². The molecule has 2 N–H and O–H groups in total. The van der Waals surface area contributed by atoms with Crippen molar-refractivity contribution in [3.05, 3.63) is 36.5 Å². The maximum Gasteiger partial charge on any atom is 0.268 e. The number of allylic oxidation sites excluding steroid dienone is 5. The summed E-state index contributed by atoms with van der Waals surface area (Å²) in [6, 6.07) is -0.901. The lowest BCUT2D eigenvalue weighted by Gasteiger charge is -2.29. The van der Waals surface area contributed by atoms with Gasteiger partial charge in [0, 0.05) is 6.42 Å². The van der Waals surface area contributed by atoms with Crippen molar-refractivity contribution in [1.82, 2.24) is 5.32 Å². The minimum absolute atomic E-state index is 0.00777. The molecule has 0 aromatic rings. The van der Waals surface area contributed by atoms with E-state index in [1.807, 2.05) is 27.2 Å². The molecule has 0 heterocycles. The number of carbonyl (C=O) groups is 1. The average molecular weight is 727 g/mol. The van der Waals surface area contributed by atoms with Crippen molar-refractivity contribution in [3.8, 4) is 0 Å². The molecule has 0 aromatic carbocycles. The monoisotopic (exact) mass is 727 g/mol. The van der Waals surface area contributed by atoms with Crippen molar-refractivity contribution in [2.24, 2.45) is 0 Å². The Kier molecular flexibility index (Phi) is 32.7. The van der Waals surface area contributed by atoms with Crippen LogP contribution in [0.4, 0.5) is 0 Å². The van der Waals surface area contributed by atoms with Gasteiger partial charge in [-0.15, -0.1) is 0 Å². The number of quaternary nitrogens is 1. The van der Waals surface area contributed by atoms with Gasteiger partial charge in [0.05, 0.1) is 39.9 Å². The quantitative estimate of drug-likeness (QED) is 0.0288. The third kappa shape index (κ3) is 35.1. The van der Waals surface area contributed by atoms with E-state index in [1.54, 1.807) is 6.08 Å². The molecule has 3 atom stereocenters. The van der Waals surface area contributed by atoms with Gasteiger partial charge in [0.15, 0.2) is 0 Å². The fourth-order valence-corrected chi connectivity index (χ4v) is 6.24. The Labute approximate surface area is 308 Å². The molecule has 0 saturated heterocycles. The molecule has 0 aromatic heterocycles. The summed E-state index contributed by atoms with van der Waals surface area (Å²) in [6.45, 7) is 4.55. The van der Waals surface area contributed by atoms with E-state index in [2.05, 4.69) is 43.5 Å². The Bertz CT molecular complexity index is 917. The Morgan fingerprint density at radius 3 is 1.66 bits per heavy atom. The summed E-state index contributed by atoms with van der Waals surface area (Å²) in [5.41, 5.74) is 0. The molecule has 0 aliphatic carbocycles. The summed E-state index contributed by atoms with van der Waals surface area (Å²) in [5.74, 6) is -0.216. The normalized spacial score (nSPS) is 14.9. The maximum absolute atomic E-state index is 12.8. The smallest absolute Gasteiger partial charge is 0.268 e. The van der Waals surface area contributed by atoms with E-state index in [0.717, 1.165) is 38.5 Å². The SMILES string of the molecule is CCCCC/C=C/CC/C=C/C(O)C(COP(=O)([O-])OCC[N+](C)(C)C)NC(=O)CCCCCCCCC/C=C\CCCCCCCCCC. The molecule has 8 nitrogen and oxygen atoms in total. The highest BCUT2D eigenvalue weighted by Gasteiger charge is 2.23. The molecule has 294 valence electrons. The van der Waals surface area contributed by atoms with E-state index in [1.165, 1.54) is 109 Å². The van der Waals surface area contributed by atoms with Crippen LogP contribution in [0, 0.1) is 0 Å². The van der Waals surface area contributed by atoms with Crippen LogP contribution in [0.5, 0.6) is 0 Å². The Hall–Kier alpha value is -1.28. The molecule has 0 saturated carbocycles. The van der Waals surface area contributed by atoms with Crippen LogP contribution in [-0.2, 0) is 18.4 Å². The number of hydrogen-bond donors (Lipinski definition) is 2. The zero-order valence-electron chi connectivity index (χ0n) is 33.1. The van der Waals surface area contributed by atoms with Crippen LogP contribution in [0.3, 0.4) is 0 Å². The molecule has 0 rings (SSSR count). The summed E-state index contributed by atoms with van der Waals surface area (Å²) >= 11 is 0. The number of nitrogens with zero attached hydrogens (tertiary/aromatic N) is 1. The average Bonchev–Trinajstić information content (AvgIpc) is 3.06. The molecule has 0 radical (unpaired) electrons. The topological polar surface area (TPSA) is 108 Å². The van der Waals surface area contributed by atoms with Crippen LogP contribution < -0.4 is 10.2 Å². The largest absolute Gasteiger partial charge is 0.756 e. The number of unbranched alkanes of at least 4 members (excludes halogenated alkanes) is 19. The standard InChI is InChI=1S/C41H79N2O6P/c1-6-8-10-12-14-16-17-18-19-20-21-22-23-24-25-27-29-31-33-35-41(45)42-39(38-49-50(46,47)48-37-36-43(3,4)5)40(44)34-32-30-28-26-15-13-11-9-7-2/h15,20-21,26,32,34,39-40,44H,6-14,16-19,22-25,27-31,33,35-38H2,1-5H3,(H-,42,45,46,47)/b21-20-,26-15+,34-32+. The summed E-state index contributed by atoms with van der Waals surface area (Å²) in [7, 11) is 1.23. The minimum atomic E-state index is -4.59. The van der Waals surface area contributed by atoms with Gasteiger partial charge in [0.25, 0.3) is 7.82 Å². The first-order valence-electron chi connectivity index (χ1n) is 20.4. The fourth-order valence-electron chi connectivity index (χ4n) is 5.51. The zero-order valence-corrected chi connectivity index (χ0v) is 34.0. The number of phosphoric acid groups is 1. The van der Waals surface area contributed by atoms with Crippen molar-refractivity contribution in [2.75, 3.05) is 40.9 Å². The minimum Gasteiger partial charge on any atom is -0.756 e. The van der Waals surface area contributed by atoms with Gasteiger partial charge in [-0.2, -0.15) is 0 Å². The van der Waals surface area contributed by atoms with Crippen LogP contribution in [-0.4, -0.2) is 68.5 Å². The number of hydrogen-bond acceptors (Lipinski definition) is 6. The number of rotatable bonds is 36. The summed E-state index contributed by atoms with van der Waals surface area (Å²) in [4.78, 5) is 25.1. The van der Waals surface area contributed by atoms with Crippen molar-refractivity contribution in [1.29, 1.82) is 0 Å². The summed E-state index contributed by atoms with van der Waals surface area (Å²) in [5, 5.41) is 13.6. The highest BCUT2D eigenvalue weighted by molar-refractivity contribution is 7.45. The van der Waals surface area contributed by atoms with E-state index in [0.29, 0.717) is 17.4 Å². The Morgan fingerprint density at radius 1 is 0.680 bits per heavy atom. The zero-order chi connectivity index (χ0) is 37.2. The highest BCUT2D eigenvalue weighted by Crippen LogP contribution is 2.38. The Balaban J connectivity index is 4.38. The number of aliphatic hydroxyl groups is 1. The predicted octanol–water partition coefficient (Wildman–Crippen LogP) is 10.1. The van der Waals surface area contributed by atoms with Crippen molar-refractivity contribution >= 4 is 13.7 Å². The molecule has 0 spiro atoms. The van der Waals surface area contributed by atoms with Crippen LogP contribution in [0.25, 0.3) is 0 Å². The van der Waals surface area contributed by atoms with Crippen molar-refractivity contribution in [2.45, 2.75) is 180 Å². The molecular formula is C41H79N2O6P. The maximum atomic E-state index is 12.8. The molecule has 9 heteroatoms. The molecule has 0 bridgehead atoms.